The highest BCUT2D eigenvalue weighted by Gasteiger charge is 2.38. The van der Waals surface area contributed by atoms with Crippen LogP contribution in [0, 0.1) is 11.8 Å². The van der Waals surface area contributed by atoms with E-state index in [9.17, 15) is 8.42 Å². The number of methoxy groups -OCH3 is 1. The Balaban J connectivity index is 1.73. The first-order chi connectivity index (χ1) is 11.7. The van der Waals surface area contributed by atoms with Crippen molar-refractivity contribution in [3.8, 4) is 0 Å². The molecule has 4 nitrogen and oxygen atoms in total. The van der Waals surface area contributed by atoms with E-state index in [1.54, 1.807) is 23.5 Å². The lowest BCUT2D eigenvalue weighted by molar-refractivity contribution is 0.00956. The molecule has 1 aliphatic heterocycles. The maximum atomic E-state index is 13.0. The van der Waals surface area contributed by atoms with E-state index in [0.29, 0.717) is 35.9 Å². The summed E-state index contributed by atoms with van der Waals surface area (Å²) in [5.74, 6) is 1.08. The molecule has 0 N–H and O–H groups in total. The monoisotopic (exact) mass is 365 g/mol. The zero-order valence-corrected chi connectivity index (χ0v) is 16.7. The standard InChI is InChI=1S/C20H31NO3S/c1-20(2,3)17-6-9-19(10-7-17)25(22,23)21-12-11-15-13-18(24-4)8-5-16(15)14-21/h6-7,9-10,15-16,18H,5,8,11-14H2,1-4H3/t15?,16?,18-/m0/s1. The van der Waals surface area contributed by atoms with Crippen molar-refractivity contribution in [2.24, 2.45) is 11.8 Å². The third-order valence-electron chi connectivity index (χ3n) is 5.97. The maximum absolute atomic E-state index is 13.0. The summed E-state index contributed by atoms with van der Waals surface area (Å²) in [6.07, 6.45) is 4.50. The number of piperidine rings is 1. The highest BCUT2D eigenvalue weighted by atomic mass is 32.2. The highest BCUT2D eigenvalue weighted by molar-refractivity contribution is 7.89. The van der Waals surface area contributed by atoms with Gasteiger partial charge < -0.3 is 4.74 Å². The summed E-state index contributed by atoms with van der Waals surface area (Å²) >= 11 is 0. The summed E-state index contributed by atoms with van der Waals surface area (Å²) < 4.78 is 33.3. The molecule has 0 aromatic heterocycles. The molecule has 3 rings (SSSR count). The molecule has 0 spiro atoms. The lowest BCUT2D eigenvalue weighted by Gasteiger charge is -2.42. The summed E-state index contributed by atoms with van der Waals surface area (Å²) in [4.78, 5) is 0.421. The van der Waals surface area contributed by atoms with Crippen molar-refractivity contribution in [1.82, 2.24) is 4.31 Å². The van der Waals surface area contributed by atoms with Gasteiger partial charge in [0.05, 0.1) is 11.0 Å². The third-order valence-corrected chi connectivity index (χ3v) is 7.85. The first-order valence-electron chi connectivity index (χ1n) is 9.35. The van der Waals surface area contributed by atoms with Crippen LogP contribution in [0.1, 0.15) is 52.0 Å². The van der Waals surface area contributed by atoms with E-state index in [-0.39, 0.29) is 5.41 Å². The molecule has 1 aliphatic carbocycles. The Bertz CT molecular complexity index is 691. The van der Waals surface area contributed by atoms with Crippen LogP contribution >= 0.6 is 0 Å². The van der Waals surface area contributed by atoms with E-state index >= 15 is 0 Å². The number of rotatable bonds is 3. The largest absolute Gasteiger partial charge is 0.381 e. The molecule has 0 bridgehead atoms. The van der Waals surface area contributed by atoms with E-state index < -0.39 is 10.0 Å². The molecule has 25 heavy (non-hydrogen) atoms. The number of nitrogens with zero attached hydrogens (tertiary/aromatic N) is 1. The van der Waals surface area contributed by atoms with E-state index in [2.05, 4.69) is 20.8 Å². The van der Waals surface area contributed by atoms with E-state index in [0.717, 1.165) is 31.2 Å². The van der Waals surface area contributed by atoms with Gasteiger partial charge in [-0.25, -0.2) is 8.42 Å². The summed E-state index contributed by atoms with van der Waals surface area (Å²) in [7, 11) is -1.61. The molecule has 5 heteroatoms. The Morgan fingerprint density at radius 3 is 2.32 bits per heavy atom. The molecule has 0 radical (unpaired) electrons. The number of hydrogen-bond donors (Lipinski definition) is 0. The van der Waals surface area contributed by atoms with Gasteiger partial charge in [-0.2, -0.15) is 4.31 Å². The van der Waals surface area contributed by atoms with Gasteiger partial charge in [0.15, 0.2) is 0 Å². The number of sulfonamides is 1. The Hall–Kier alpha value is -0.910. The molecule has 1 aromatic carbocycles. The minimum Gasteiger partial charge on any atom is -0.381 e. The molecule has 0 amide bonds. The number of benzene rings is 1. The van der Waals surface area contributed by atoms with Crippen LogP contribution in [0.4, 0.5) is 0 Å². The summed E-state index contributed by atoms with van der Waals surface area (Å²) in [5.41, 5.74) is 1.18. The van der Waals surface area contributed by atoms with Crippen LogP contribution in [0.15, 0.2) is 29.2 Å². The normalized spacial score (nSPS) is 28.6. The third kappa shape index (κ3) is 3.93. The van der Waals surface area contributed by atoms with Crippen LogP contribution in [0.3, 0.4) is 0 Å². The Labute approximate surface area is 152 Å². The van der Waals surface area contributed by atoms with Gasteiger partial charge in [-0.15, -0.1) is 0 Å². The fourth-order valence-electron chi connectivity index (χ4n) is 4.25. The Kier molecular flexibility index (Phi) is 5.29. The molecule has 2 unspecified atom stereocenters. The minimum absolute atomic E-state index is 0.0284. The van der Waals surface area contributed by atoms with Gasteiger partial charge in [0.25, 0.3) is 0 Å². The Morgan fingerprint density at radius 1 is 1.04 bits per heavy atom. The summed E-state index contributed by atoms with van der Waals surface area (Å²) in [6.45, 7) is 7.69. The van der Waals surface area contributed by atoms with Gasteiger partial charge in [0.2, 0.25) is 10.0 Å². The number of ether oxygens (including phenoxy) is 1. The van der Waals surface area contributed by atoms with E-state index in [1.165, 1.54) is 0 Å². The predicted octanol–water partition coefficient (Wildman–Crippen LogP) is 3.81. The second-order valence-corrected chi connectivity index (χ2v) is 10.6. The highest BCUT2D eigenvalue weighted by Crippen LogP contribution is 2.38. The fourth-order valence-corrected chi connectivity index (χ4v) is 5.76. The van der Waals surface area contributed by atoms with Crippen molar-refractivity contribution < 1.29 is 13.2 Å². The van der Waals surface area contributed by atoms with Crippen molar-refractivity contribution in [2.45, 2.75) is 62.9 Å². The molecule has 3 atom stereocenters. The van der Waals surface area contributed by atoms with Gasteiger partial charge in [-0.1, -0.05) is 32.9 Å². The van der Waals surface area contributed by atoms with Gasteiger partial charge in [-0.3, -0.25) is 0 Å². The molecule has 1 saturated heterocycles. The van der Waals surface area contributed by atoms with Crippen LogP contribution in [-0.2, 0) is 20.2 Å². The van der Waals surface area contributed by atoms with Crippen molar-refractivity contribution in [3.63, 3.8) is 0 Å². The van der Waals surface area contributed by atoms with Crippen molar-refractivity contribution in [3.05, 3.63) is 29.8 Å². The van der Waals surface area contributed by atoms with Gasteiger partial charge in [-0.05, 0) is 60.6 Å². The molecule has 140 valence electrons. The molecular formula is C20H31NO3S. The number of hydrogen-bond acceptors (Lipinski definition) is 3. The fraction of sp³-hybridized carbons (Fsp3) is 0.700. The van der Waals surface area contributed by atoms with Crippen LogP contribution in [0.5, 0.6) is 0 Å². The topological polar surface area (TPSA) is 46.6 Å². The maximum Gasteiger partial charge on any atom is 0.243 e. The van der Waals surface area contributed by atoms with Gasteiger partial charge in [0.1, 0.15) is 0 Å². The lowest BCUT2D eigenvalue weighted by atomic mass is 9.74. The van der Waals surface area contributed by atoms with Gasteiger partial charge in [0, 0.05) is 20.2 Å². The van der Waals surface area contributed by atoms with E-state index in [1.807, 2.05) is 12.1 Å². The van der Waals surface area contributed by atoms with Crippen molar-refractivity contribution >= 4 is 10.0 Å². The molecule has 2 aliphatic rings. The average molecular weight is 366 g/mol. The van der Waals surface area contributed by atoms with Crippen LogP contribution in [0.2, 0.25) is 0 Å². The Morgan fingerprint density at radius 2 is 1.72 bits per heavy atom. The summed E-state index contributed by atoms with van der Waals surface area (Å²) in [6, 6.07) is 7.43. The second kappa shape index (κ2) is 7.01. The number of fused-ring (bicyclic) bond motifs is 1. The quantitative estimate of drug-likeness (QED) is 0.818. The first kappa shape index (κ1) is 18.9. The van der Waals surface area contributed by atoms with Crippen molar-refractivity contribution in [1.29, 1.82) is 0 Å². The minimum atomic E-state index is -3.39. The molecule has 2 fully saturated rings. The SMILES string of the molecule is CO[C@H]1CCC2CN(S(=O)(=O)c3ccc(C(C)(C)C)cc3)CCC2C1. The summed E-state index contributed by atoms with van der Waals surface area (Å²) in [5, 5.41) is 0. The van der Waals surface area contributed by atoms with Crippen molar-refractivity contribution in [2.75, 3.05) is 20.2 Å². The van der Waals surface area contributed by atoms with E-state index in [4.69, 9.17) is 4.74 Å². The molecule has 1 heterocycles. The van der Waals surface area contributed by atoms with Crippen LogP contribution < -0.4 is 0 Å². The zero-order valence-electron chi connectivity index (χ0n) is 15.9. The molecule has 1 saturated carbocycles. The zero-order chi connectivity index (χ0) is 18.2. The first-order valence-corrected chi connectivity index (χ1v) is 10.8. The average Bonchev–Trinajstić information content (AvgIpc) is 2.60. The second-order valence-electron chi connectivity index (χ2n) is 8.62. The van der Waals surface area contributed by atoms with Crippen LogP contribution in [-0.4, -0.2) is 39.0 Å². The smallest absolute Gasteiger partial charge is 0.243 e. The van der Waals surface area contributed by atoms with Gasteiger partial charge >= 0.3 is 0 Å². The predicted molar refractivity (Wildman–Crippen MR) is 100 cm³/mol. The molecule has 1 aromatic rings. The van der Waals surface area contributed by atoms with Crippen LogP contribution in [0.25, 0.3) is 0 Å². The molecular weight excluding hydrogens is 334 g/mol. The lowest BCUT2D eigenvalue weighted by Crippen LogP contribution is -2.46.